The van der Waals surface area contributed by atoms with Gasteiger partial charge in [0, 0.05) is 21.3 Å². The van der Waals surface area contributed by atoms with Crippen molar-refractivity contribution in [3.05, 3.63) is 69.1 Å². The summed E-state index contributed by atoms with van der Waals surface area (Å²) in [4.78, 5) is 24.4. The fourth-order valence-corrected chi connectivity index (χ4v) is 4.37. The molecule has 0 fully saturated rings. The molecule has 1 aromatic heterocycles. The summed E-state index contributed by atoms with van der Waals surface area (Å²) in [6.45, 7) is 0. The van der Waals surface area contributed by atoms with Crippen LogP contribution in [0.1, 0.15) is 50.7 Å². The summed E-state index contributed by atoms with van der Waals surface area (Å²) in [6, 6.07) is 8.37. The molecule has 8 heteroatoms. The lowest BCUT2D eigenvalue weighted by atomic mass is 9.79. The topological polar surface area (TPSA) is 103 Å². The van der Waals surface area contributed by atoms with Gasteiger partial charge in [0.05, 0.1) is 22.7 Å². The predicted octanol–water partition coefficient (Wildman–Crippen LogP) is 4.68. The molecule has 0 bridgehead atoms. The van der Waals surface area contributed by atoms with Gasteiger partial charge in [-0.2, -0.15) is 5.10 Å². The number of aryl methyl sites for hydroxylation is 1. The second-order valence-electron chi connectivity index (χ2n) is 6.91. The highest BCUT2D eigenvalue weighted by Crippen LogP contribution is 2.42. The smallest absolute Gasteiger partial charge is 0.335 e. The van der Waals surface area contributed by atoms with Gasteiger partial charge >= 0.3 is 5.97 Å². The average Bonchev–Trinajstić information content (AvgIpc) is 3.11. The Morgan fingerprint density at radius 2 is 2.03 bits per heavy atom. The normalized spacial score (nSPS) is 15.7. The average molecular weight is 459 g/mol. The molecular formula is C21H16BrFN2O4. The first-order chi connectivity index (χ1) is 13.9. The van der Waals surface area contributed by atoms with Crippen LogP contribution in [0.5, 0.6) is 5.75 Å². The second-order valence-corrected chi connectivity index (χ2v) is 7.76. The van der Waals surface area contributed by atoms with Gasteiger partial charge in [0.1, 0.15) is 11.6 Å². The van der Waals surface area contributed by atoms with Crippen LogP contribution in [-0.4, -0.2) is 32.2 Å². The molecule has 4 rings (SSSR count). The van der Waals surface area contributed by atoms with E-state index in [0.29, 0.717) is 28.6 Å². The number of hydrogen-bond donors (Lipinski definition) is 3. The predicted molar refractivity (Wildman–Crippen MR) is 107 cm³/mol. The van der Waals surface area contributed by atoms with Crippen molar-refractivity contribution in [3.63, 3.8) is 0 Å². The summed E-state index contributed by atoms with van der Waals surface area (Å²) in [5.41, 5.74) is 1.78. The van der Waals surface area contributed by atoms with Crippen LogP contribution in [0, 0.1) is 5.82 Å². The third kappa shape index (κ3) is 3.33. The number of carbonyl (C=O) groups is 2. The number of aromatic carboxylic acids is 1. The quantitative estimate of drug-likeness (QED) is 0.492. The summed E-state index contributed by atoms with van der Waals surface area (Å²) in [6.07, 6.45) is 1.95. The standard InChI is InChI=1S/C21H16BrFN2O4/c22-13-4-2-6-16(26)18(13)20(27)12-3-1-5-15-17(12)19(25-24-15)11-8-7-10(21(28)29)9-14(11)23/h2,4,6-9,12,26H,1,3,5H2,(H,24,25)(H,28,29). The van der Waals surface area contributed by atoms with Crippen molar-refractivity contribution in [1.29, 1.82) is 0 Å². The SMILES string of the molecule is O=C(O)c1ccc(-c2n[nH]c3c2C(C(=O)c2c(O)cccc2Br)CCC3)c(F)c1. The third-order valence-corrected chi connectivity index (χ3v) is 5.84. The van der Waals surface area contributed by atoms with Gasteiger partial charge < -0.3 is 10.2 Å². The summed E-state index contributed by atoms with van der Waals surface area (Å²) in [5, 5.41) is 26.4. The minimum absolute atomic E-state index is 0.126. The molecule has 1 aliphatic carbocycles. The Hall–Kier alpha value is -3.00. The van der Waals surface area contributed by atoms with E-state index in [9.17, 15) is 19.1 Å². The van der Waals surface area contributed by atoms with Gasteiger partial charge in [0.25, 0.3) is 0 Å². The molecule has 1 atom stereocenters. The van der Waals surface area contributed by atoms with Gasteiger partial charge in [-0.1, -0.05) is 6.07 Å². The first kappa shape index (κ1) is 19.3. The zero-order valence-electron chi connectivity index (χ0n) is 15.1. The zero-order chi connectivity index (χ0) is 20.7. The maximum absolute atomic E-state index is 14.7. The van der Waals surface area contributed by atoms with E-state index in [-0.39, 0.29) is 28.2 Å². The van der Waals surface area contributed by atoms with Gasteiger partial charge in [-0.25, -0.2) is 9.18 Å². The fraction of sp³-hybridized carbons (Fsp3) is 0.190. The Kier molecular flexibility index (Phi) is 4.96. The minimum atomic E-state index is -1.23. The largest absolute Gasteiger partial charge is 0.507 e. The lowest BCUT2D eigenvalue weighted by Gasteiger charge is -2.23. The van der Waals surface area contributed by atoms with Crippen molar-refractivity contribution in [2.24, 2.45) is 0 Å². The number of benzene rings is 2. The Morgan fingerprint density at radius 1 is 1.24 bits per heavy atom. The molecule has 0 spiro atoms. The molecule has 3 aromatic rings. The number of aromatic amines is 1. The number of carboxylic acid groups (broad SMARTS) is 1. The number of phenolic OH excluding ortho intramolecular Hbond substituents is 1. The summed E-state index contributed by atoms with van der Waals surface area (Å²) < 4.78 is 15.2. The number of carbonyl (C=O) groups excluding carboxylic acids is 1. The number of hydrogen-bond acceptors (Lipinski definition) is 4. The number of phenols is 1. The zero-order valence-corrected chi connectivity index (χ0v) is 16.7. The number of aromatic hydroxyl groups is 1. The highest BCUT2D eigenvalue weighted by Gasteiger charge is 2.34. The fourth-order valence-electron chi connectivity index (χ4n) is 3.82. The number of fused-ring (bicyclic) bond motifs is 1. The number of nitrogens with zero attached hydrogens (tertiary/aromatic N) is 1. The number of Topliss-reactive ketones (excluding diaryl/α,β-unsaturated/α-hetero) is 1. The van der Waals surface area contributed by atoms with E-state index < -0.39 is 17.7 Å². The number of halogens is 2. The first-order valence-electron chi connectivity index (χ1n) is 9.00. The van der Waals surface area contributed by atoms with Crippen LogP contribution in [-0.2, 0) is 6.42 Å². The monoisotopic (exact) mass is 458 g/mol. The van der Waals surface area contributed by atoms with E-state index >= 15 is 0 Å². The third-order valence-electron chi connectivity index (χ3n) is 5.18. The Bertz CT molecular complexity index is 1120. The summed E-state index contributed by atoms with van der Waals surface area (Å²) >= 11 is 3.32. The molecule has 148 valence electrons. The van der Waals surface area contributed by atoms with E-state index in [0.717, 1.165) is 18.2 Å². The number of ketones is 1. The summed E-state index contributed by atoms with van der Waals surface area (Å²) in [7, 11) is 0. The molecule has 3 N–H and O–H groups in total. The number of nitrogens with one attached hydrogen (secondary N) is 1. The first-order valence-corrected chi connectivity index (χ1v) is 9.79. The van der Waals surface area contributed by atoms with Crippen molar-refractivity contribution < 1.29 is 24.2 Å². The molecular weight excluding hydrogens is 443 g/mol. The maximum Gasteiger partial charge on any atom is 0.335 e. The molecule has 29 heavy (non-hydrogen) atoms. The highest BCUT2D eigenvalue weighted by molar-refractivity contribution is 9.10. The van der Waals surface area contributed by atoms with Gasteiger partial charge in [0.2, 0.25) is 0 Å². The Morgan fingerprint density at radius 3 is 2.72 bits per heavy atom. The molecule has 1 unspecified atom stereocenters. The molecule has 0 saturated carbocycles. The van der Waals surface area contributed by atoms with Gasteiger partial charge in [-0.3, -0.25) is 9.89 Å². The molecule has 6 nitrogen and oxygen atoms in total. The van der Waals surface area contributed by atoms with Crippen LogP contribution < -0.4 is 0 Å². The van der Waals surface area contributed by atoms with E-state index in [1.54, 1.807) is 12.1 Å². The van der Waals surface area contributed by atoms with Gasteiger partial charge in [-0.15, -0.1) is 0 Å². The van der Waals surface area contributed by atoms with Crippen LogP contribution in [0.4, 0.5) is 4.39 Å². The minimum Gasteiger partial charge on any atom is -0.507 e. The lowest BCUT2D eigenvalue weighted by molar-refractivity contribution is 0.0696. The van der Waals surface area contributed by atoms with Crippen molar-refractivity contribution in [2.45, 2.75) is 25.2 Å². The van der Waals surface area contributed by atoms with Crippen LogP contribution in [0.3, 0.4) is 0 Å². The Labute approximate surface area is 173 Å². The molecule has 1 aliphatic rings. The van der Waals surface area contributed by atoms with Crippen LogP contribution >= 0.6 is 15.9 Å². The van der Waals surface area contributed by atoms with E-state index in [1.165, 1.54) is 18.2 Å². The van der Waals surface area contributed by atoms with Crippen LogP contribution in [0.25, 0.3) is 11.3 Å². The maximum atomic E-state index is 14.7. The van der Waals surface area contributed by atoms with Crippen molar-refractivity contribution in [2.75, 3.05) is 0 Å². The number of H-pyrrole nitrogens is 1. The molecule has 0 amide bonds. The number of carboxylic acids is 1. The van der Waals surface area contributed by atoms with E-state index in [2.05, 4.69) is 26.1 Å². The van der Waals surface area contributed by atoms with E-state index in [1.807, 2.05) is 0 Å². The van der Waals surface area contributed by atoms with Crippen molar-refractivity contribution >= 4 is 27.7 Å². The Balaban J connectivity index is 1.82. The van der Waals surface area contributed by atoms with E-state index in [4.69, 9.17) is 5.11 Å². The van der Waals surface area contributed by atoms with Gasteiger partial charge in [0.15, 0.2) is 5.78 Å². The second kappa shape index (κ2) is 7.44. The molecule has 0 saturated heterocycles. The van der Waals surface area contributed by atoms with Crippen molar-refractivity contribution in [3.8, 4) is 17.0 Å². The molecule has 2 aromatic carbocycles. The van der Waals surface area contributed by atoms with Crippen LogP contribution in [0.2, 0.25) is 0 Å². The molecule has 0 aliphatic heterocycles. The van der Waals surface area contributed by atoms with Crippen LogP contribution in [0.15, 0.2) is 40.9 Å². The molecule has 0 radical (unpaired) electrons. The van der Waals surface area contributed by atoms with Gasteiger partial charge in [-0.05, 0) is 65.5 Å². The highest BCUT2D eigenvalue weighted by atomic mass is 79.9. The number of aromatic nitrogens is 2. The lowest BCUT2D eigenvalue weighted by Crippen LogP contribution is -2.19. The van der Waals surface area contributed by atoms with Crippen molar-refractivity contribution in [1.82, 2.24) is 10.2 Å². The molecule has 1 heterocycles. The number of rotatable bonds is 4. The summed E-state index contributed by atoms with van der Waals surface area (Å²) in [5.74, 6) is -2.95.